The minimum atomic E-state index is -0.562. The second-order valence-corrected chi connectivity index (χ2v) is 1.09. The fourth-order valence-electron chi connectivity index (χ4n) is 0.202. The predicted molar refractivity (Wildman–Crippen MR) is 22.4 cm³/mol. The number of hydrogen-bond donors (Lipinski definition) is 0. The van der Waals surface area contributed by atoms with Gasteiger partial charge in [-0.1, -0.05) is 0 Å². The van der Waals surface area contributed by atoms with Crippen molar-refractivity contribution in [2.45, 2.75) is 13.8 Å². The van der Waals surface area contributed by atoms with E-state index in [0.717, 1.165) is 0 Å². The summed E-state index contributed by atoms with van der Waals surface area (Å²) >= 11 is 0. The third kappa shape index (κ3) is 9.29. The number of esters is 2. The topological polar surface area (TPSA) is 43.4 Å². The summed E-state index contributed by atoms with van der Waals surface area (Å²) in [4.78, 5) is 19.6. The summed E-state index contributed by atoms with van der Waals surface area (Å²) in [7, 11) is 0. The van der Waals surface area contributed by atoms with Crippen LogP contribution in [0, 0.1) is 0 Å². The molecule has 0 atom stereocenters. The molecule has 42 valence electrons. The van der Waals surface area contributed by atoms with Gasteiger partial charge in [-0.2, -0.15) is 0 Å². The largest absolute Gasteiger partial charge is 2.00 e. The van der Waals surface area contributed by atoms with E-state index < -0.39 is 11.9 Å². The smallest absolute Gasteiger partial charge is 0.394 e. The van der Waals surface area contributed by atoms with Gasteiger partial charge in [-0.3, -0.25) is 9.59 Å². The molecule has 0 rings (SSSR count). The molecule has 4 heteroatoms. The van der Waals surface area contributed by atoms with Gasteiger partial charge in [0.25, 0.3) is 0 Å². The van der Waals surface area contributed by atoms with Crippen molar-refractivity contribution in [2.75, 3.05) is 0 Å². The van der Waals surface area contributed by atoms with E-state index in [1.54, 1.807) is 0 Å². The van der Waals surface area contributed by atoms with E-state index in [1.807, 2.05) is 0 Å². The van der Waals surface area contributed by atoms with Crippen LogP contribution in [0.3, 0.4) is 0 Å². The fourth-order valence-corrected chi connectivity index (χ4v) is 0.202. The van der Waals surface area contributed by atoms with Crippen LogP contribution >= 0.6 is 0 Å². The van der Waals surface area contributed by atoms with Crippen molar-refractivity contribution in [1.29, 1.82) is 0 Å². The quantitative estimate of drug-likeness (QED) is 0.279. The molecule has 0 aliphatic rings. The molecule has 0 aromatic rings. The van der Waals surface area contributed by atoms with Gasteiger partial charge < -0.3 is 4.74 Å². The van der Waals surface area contributed by atoms with Crippen LogP contribution in [-0.2, 0) is 36.0 Å². The molecule has 0 aromatic heterocycles. The summed E-state index contributed by atoms with van der Waals surface area (Å²) in [5.74, 6) is -1.12. The molecule has 0 aromatic carbocycles. The Hall–Kier alpha value is -0.146. The Labute approximate surface area is 62.3 Å². The van der Waals surface area contributed by atoms with Crippen molar-refractivity contribution in [2.24, 2.45) is 0 Å². The zero-order valence-electron chi connectivity index (χ0n) is 4.72. The average Bonchev–Trinajstić information content (AvgIpc) is 1.27. The van der Waals surface area contributed by atoms with Crippen LogP contribution in [0.5, 0.6) is 0 Å². The molecule has 0 saturated heterocycles. The van der Waals surface area contributed by atoms with Crippen LogP contribution in [-0.4, -0.2) is 11.9 Å². The Morgan fingerprint density at radius 3 is 1.38 bits per heavy atom. The molecule has 0 saturated carbocycles. The van der Waals surface area contributed by atoms with Gasteiger partial charge in [-0.05, 0) is 0 Å². The van der Waals surface area contributed by atoms with E-state index >= 15 is 0 Å². The molecule has 0 aliphatic carbocycles. The van der Waals surface area contributed by atoms with Crippen LogP contribution in [0.1, 0.15) is 13.8 Å². The van der Waals surface area contributed by atoms with Gasteiger partial charge in [0.2, 0.25) is 0 Å². The normalized spacial score (nSPS) is 6.75. The van der Waals surface area contributed by atoms with E-state index in [-0.39, 0.29) is 21.7 Å². The molecular weight excluding hydrogens is 144 g/mol. The minimum absolute atomic E-state index is 0. The Morgan fingerprint density at radius 1 is 1.12 bits per heavy atom. The molecule has 0 spiro atoms. The molecule has 0 aliphatic heterocycles. The van der Waals surface area contributed by atoms with E-state index in [0.29, 0.717) is 0 Å². The fraction of sp³-hybridized carbons (Fsp3) is 0.500. The van der Waals surface area contributed by atoms with Crippen LogP contribution < -0.4 is 0 Å². The van der Waals surface area contributed by atoms with Crippen molar-refractivity contribution in [3.05, 3.63) is 0 Å². The van der Waals surface area contributed by atoms with Crippen LogP contribution in [0.4, 0.5) is 0 Å². The molecular formula is C4H6O3Ti+2. The molecule has 0 unspecified atom stereocenters. The van der Waals surface area contributed by atoms with Crippen molar-refractivity contribution in [3.63, 3.8) is 0 Å². The summed E-state index contributed by atoms with van der Waals surface area (Å²) in [5.41, 5.74) is 0. The summed E-state index contributed by atoms with van der Waals surface area (Å²) < 4.78 is 3.97. The molecule has 0 amide bonds. The van der Waals surface area contributed by atoms with E-state index in [4.69, 9.17) is 0 Å². The van der Waals surface area contributed by atoms with Gasteiger partial charge in [0, 0.05) is 13.8 Å². The molecule has 0 radical (unpaired) electrons. The van der Waals surface area contributed by atoms with Crippen molar-refractivity contribution in [3.8, 4) is 0 Å². The summed E-state index contributed by atoms with van der Waals surface area (Å²) in [6.07, 6.45) is 0. The molecule has 0 N–H and O–H groups in total. The first-order valence-electron chi connectivity index (χ1n) is 1.82. The number of carbonyl (C=O) groups excluding carboxylic acids is 2. The predicted octanol–water partition coefficient (Wildman–Crippen LogP) is 0.0935. The zero-order valence-corrected chi connectivity index (χ0v) is 6.29. The van der Waals surface area contributed by atoms with E-state index in [2.05, 4.69) is 4.74 Å². The SMILES string of the molecule is CC(=O)OC(C)=O.[Ti+2]. The Balaban J connectivity index is 0. The van der Waals surface area contributed by atoms with Gasteiger partial charge in [0.05, 0.1) is 0 Å². The van der Waals surface area contributed by atoms with Gasteiger partial charge in [0.1, 0.15) is 0 Å². The second kappa shape index (κ2) is 5.00. The monoisotopic (exact) mass is 150 g/mol. The first kappa shape index (κ1) is 10.8. The molecule has 8 heavy (non-hydrogen) atoms. The summed E-state index contributed by atoms with van der Waals surface area (Å²) in [6.45, 7) is 2.36. The minimum Gasteiger partial charge on any atom is -0.394 e. The molecule has 0 heterocycles. The maximum absolute atomic E-state index is 9.81. The van der Waals surface area contributed by atoms with Gasteiger partial charge in [-0.15, -0.1) is 0 Å². The Morgan fingerprint density at radius 2 is 1.38 bits per heavy atom. The van der Waals surface area contributed by atoms with Crippen LogP contribution in [0.2, 0.25) is 0 Å². The van der Waals surface area contributed by atoms with Crippen molar-refractivity contribution >= 4 is 11.9 Å². The first-order valence-corrected chi connectivity index (χ1v) is 1.82. The number of hydrogen-bond acceptors (Lipinski definition) is 3. The number of carbonyl (C=O) groups is 2. The molecule has 0 bridgehead atoms. The van der Waals surface area contributed by atoms with Gasteiger partial charge in [0.15, 0.2) is 0 Å². The van der Waals surface area contributed by atoms with Crippen LogP contribution in [0.15, 0.2) is 0 Å². The third-order valence-electron chi connectivity index (χ3n) is 0.287. The zero-order chi connectivity index (χ0) is 5.86. The van der Waals surface area contributed by atoms with Crippen molar-refractivity contribution < 1.29 is 36.0 Å². The maximum Gasteiger partial charge on any atom is 2.00 e. The summed E-state index contributed by atoms with van der Waals surface area (Å²) in [5, 5.41) is 0. The van der Waals surface area contributed by atoms with Crippen LogP contribution in [0.25, 0.3) is 0 Å². The van der Waals surface area contributed by atoms with E-state index in [9.17, 15) is 9.59 Å². The third-order valence-corrected chi connectivity index (χ3v) is 0.287. The Bertz CT molecular complexity index is 87.5. The van der Waals surface area contributed by atoms with Crippen molar-refractivity contribution in [1.82, 2.24) is 0 Å². The van der Waals surface area contributed by atoms with Gasteiger partial charge >= 0.3 is 33.7 Å². The first-order chi connectivity index (χ1) is 3.13. The standard InChI is InChI=1S/C4H6O3.Ti/c1-3(5)7-4(2)6;/h1-2H3;/q;+2. The number of rotatable bonds is 0. The second-order valence-electron chi connectivity index (χ2n) is 1.09. The maximum atomic E-state index is 9.81. The van der Waals surface area contributed by atoms with E-state index in [1.165, 1.54) is 13.8 Å². The molecule has 3 nitrogen and oxygen atoms in total. The Kier molecular flexibility index (Phi) is 6.73. The summed E-state index contributed by atoms with van der Waals surface area (Å²) in [6, 6.07) is 0. The molecule has 0 fully saturated rings. The number of ether oxygens (including phenoxy) is 1. The van der Waals surface area contributed by atoms with Gasteiger partial charge in [-0.25, -0.2) is 0 Å². The average molecular weight is 150 g/mol.